The number of carbonyl (C=O) groups excluding carboxylic acids is 2. The number of nitrogens with zero attached hydrogens (tertiary/aromatic N) is 2. The second-order valence-electron chi connectivity index (χ2n) is 8.20. The highest BCUT2D eigenvalue weighted by molar-refractivity contribution is 6.00. The first kappa shape index (κ1) is 21.0. The summed E-state index contributed by atoms with van der Waals surface area (Å²) in [5.74, 6) is -1.67. The maximum atomic E-state index is 14.5. The van der Waals surface area contributed by atoms with Gasteiger partial charge in [0, 0.05) is 49.6 Å². The molecule has 2 aliphatic rings. The smallest absolute Gasteiger partial charge is 0.262 e. The number of anilines is 1. The predicted molar refractivity (Wildman–Crippen MR) is 116 cm³/mol. The van der Waals surface area contributed by atoms with E-state index in [1.807, 2.05) is 29.9 Å². The van der Waals surface area contributed by atoms with Gasteiger partial charge in [0.05, 0.1) is 17.9 Å². The summed E-state index contributed by atoms with van der Waals surface area (Å²) in [4.78, 5) is 25.7. The zero-order valence-corrected chi connectivity index (χ0v) is 17.8. The molecule has 0 saturated carbocycles. The standard InChI is InChI=1S/C24H21F2N3O4/c1-28-6-2-3-20(28)15-4-5-21(18(26)7-15)32-12-14-10-29(11-14)24(31)16-8-19-22(9-17(16)25)33-13-23(30)27-19/h2-9,14H,10-13H2,1H3,(H,27,30). The van der Waals surface area contributed by atoms with Crippen LogP contribution in [0.3, 0.4) is 0 Å². The molecule has 0 radical (unpaired) electrons. The average molecular weight is 453 g/mol. The Morgan fingerprint density at radius 3 is 2.73 bits per heavy atom. The molecule has 3 aromatic rings. The number of likely N-dealkylation sites (tertiary alicyclic amines) is 1. The third kappa shape index (κ3) is 4.02. The fourth-order valence-electron chi connectivity index (χ4n) is 4.02. The lowest BCUT2D eigenvalue weighted by molar-refractivity contribution is -0.118. The van der Waals surface area contributed by atoms with Gasteiger partial charge in [-0.3, -0.25) is 9.59 Å². The second-order valence-corrected chi connectivity index (χ2v) is 8.20. The molecule has 2 aliphatic heterocycles. The Hall–Kier alpha value is -3.88. The summed E-state index contributed by atoms with van der Waals surface area (Å²) in [6.07, 6.45) is 1.89. The van der Waals surface area contributed by atoms with Crippen molar-refractivity contribution < 1.29 is 27.8 Å². The van der Waals surface area contributed by atoms with Crippen molar-refractivity contribution in [2.45, 2.75) is 0 Å². The molecule has 5 rings (SSSR count). The van der Waals surface area contributed by atoms with E-state index in [2.05, 4.69) is 5.32 Å². The number of nitrogens with one attached hydrogen (secondary N) is 1. The summed E-state index contributed by atoms with van der Waals surface area (Å²) >= 11 is 0. The average Bonchev–Trinajstić information content (AvgIpc) is 3.19. The molecule has 0 aliphatic carbocycles. The Morgan fingerprint density at radius 1 is 1.18 bits per heavy atom. The van der Waals surface area contributed by atoms with Crippen molar-refractivity contribution >= 4 is 17.5 Å². The van der Waals surface area contributed by atoms with E-state index in [1.165, 1.54) is 17.0 Å². The molecule has 2 amide bonds. The van der Waals surface area contributed by atoms with Crippen molar-refractivity contribution in [3.63, 3.8) is 0 Å². The minimum atomic E-state index is -0.713. The van der Waals surface area contributed by atoms with Crippen LogP contribution < -0.4 is 14.8 Å². The highest BCUT2D eigenvalue weighted by Gasteiger charge is 2.34. The van der Waals surface area contributed by atoms with E-state index in [4.69, 9.17) is 9.47 Å². The minimum Gasteiger partial charge on any atom is -0.490 e. The number of fused-ring (bicyclic) bond motifs is 1. The van der Waals surface area contributed by atoms with Gasteiger partial charge in [-0.05, 0) is 36.4 Å². The van der Waals surface area contributed by atoms with Crippen LogP contribution in [0, 0.1) is 17.6 Å². The maximum Gasteiger partial charge on any atom is 0.262 e. The van der Waals surface area contributed by atoms with Crippen LogP contribution in [0.1, 0.15) is 10.4 Å². The van der Waals surface area contributed by atoms with Gasteiger partial charge in [-0.2, -0.15) is 0 Å². The van der Waals surface area contributed by atoms with E-state index in [-0.39, 0.29) is 47.8 Å². The van der Waals surface area contributed by atoms with Gasteiger partial charge in [-0.25, -0.2) is 8.78 Å². The summed E-state index contributed by atoms with van der Waals surface area (Å²) < 4.78 is 41.6. The normalized spacial score (nSPS) is 15.4. The summed E-state index contributed by atoms with van der Waals surface area (Å²) in [6.45, 7) is 0.770. The first-order valence-electron chi connectivity index (χ1n) is 10.5. The third-order valence-electron chi connectivity index (χ3n) is 5.82. The first-order chi connectivity index (χ1) is 15.9. The molecule has 0 bridgehead atoms. The number of amides is 2. The van der Waals surface area contributed by atoms with Crippen LogP contribution in [0.15, 0.2) is 48.7 Å². The number of aromatic nitrogens is 1. The molecule has 1 N–H and O–H groups in total. The molecule has 1 saturated heterocycles. The van der Waals surface area contributed by atoms with Crippen molar-refractivity contribution in [2.24, 2.45) is 13.0 Å². The predicted octanol–water partition coefficient (Wildman–Crippen LogP) is 3.45. The Labute approximate surface area is 188 Å². The fourth-order valence-corrected chi connectivity index (χ4v) is 4.02. The van der Waals surface area contributed by atoms with Gasteiger partial charge in [0.2, 0.25) is 0 Å². The number of halogens is 2. The van der Waals surface area contributed by atoms with Crippen LogP contribution in [-0.4, -0.2) is 47.6 Å². The Morgan fingerprint density at radius 2 is 2.00 bits per heavy atom. The molecule has 2 aromatic carbocycles. The van der Waals surface area contributed by atoms with E-state index in [0.29, 0.717) is 13.1 Å². The zero-order valence-electron chi connectivity index (χ0n) is 17.8. The van der Waals surface area contributed by atoms with E-state index in [0.717, 1.165) is 17.3 Å². The molecular formula is C24H21F2N3O4. The first-order valence-corrected chi connectivity index (χ1v) is 10.5. The number of hydrogen-bond donors (Lipinski definition) is 1. The van der Waals surface area contributed by atoms with E-state index < -0.39 is 17.5 Å². The number of hydrogen-bond acceptors (Lipinski definition) is 4. The van der Waals surface area contributed by atoms with Crippen LogP contribution in [0.5, 0.6) is 11.5 Å². The SMILES string of the molecule is Cn1cccc1-c1ccc(OCC2CN(C(=O)c3cc4c(cc3F)OCC(=O)N4)C2)c(F)c1. The number of ether oxygens (including phenoxy) is 2. The van der Waals surface area contributed by atoms with E-state index >= 15 is 0 Å². The van der Waals surface area contributed by atoms with Gasteiger partial charge in [0.25, 0.3) is 11.8 Å². The molecule has 1 fully saturated rings. The molecule has 170 valence electrons. The highest BCUT2D eigenvalue weighted by Crippen LogP contribution is 2.32. The van der Waals surface area contributed by atoms with Crippen molar-refractivity contribution in [1.82, 2.24) is 9.47 Å². The van der Waals surface area contributed by atoms with Crippen LogP contribution in [-0.2, 0) is 11.8 Å². The molecule has 7 nitrogen and oxygen atoms in total. The Bertz CT molecular complexity index is 1250. The quantitative estimate of drug-likeness (QED) is 0.642. The molecule has 9 heteroatoms. The minimum absolute atomic E-state index is 0.00428. The molecular weight excluding hydrogens is 432 g/mol. The number of aryl methyl sites for hydroxylation is 1. The van der Waals surface area contributed by atoms with Gasteiger partial charge in [-0.15, -0.1) is 0 Å². The van der Waals surface area contributed by atoms with Gasteiger partial charge in [0.15, 0.2) is 18.2 Å². The fraction of sp³-hybridized carbons (Fsp3) is 0.250. The van der Waals surface area contributed by atoms with Crippen LogP contribution in [0.4, 0.5) is 14.5 Å². The zero-order chi connectivity index (χ0) is 23.1. The lowest BCUT2D eigenvalue weighted by Crippen LogP contribution is -2.52. The summed E-state index contributed by atoms with van der Waals surface area (Å²) in [7, 11) is 1.89. The highest BCUT2D eigenvalue weighted by atomic mass is 19.1. The van der Waals surface area contributed by atoms with Crippen molar-refractivity contribution in [2.75, 3.05) is 31.6 Å². The van der Waals surface area contributed by atoms with Gasteiger partial charge >= 0.3 is 0 Å². The topological polar surface area (TPSA) is 72.8 Å². The van der Waals surface area contributed by atoms with Crippen molar-refractivity contribution in [3.8, 4) is 22.8 Å². The van der Waals surface area contributed by atoms with Crippen molar-refractivity contribution in [1.29, 1.82) is 0 Å². The monoisotopic (exact) mass is 453 g/mol. The number of rotatable bonds is 5. The van der Waals surface area contributed by atoms with Gasteiger partial charge < -0.3 is 24.3 Å². The molecule has 0 spiro atoms. The third-order valence-corrected chi connectivity index (χ3v) is 5.82. The largest absolute Gasteiger partial charge is 0.490 e. The molecule has 1 aromatic heterocycles. The summed E-state index contributed by atoms with van der Waals surface area (Å²) in [6, 6.07) is 11.0. The van der Waals surface area contributed by atoms with Gasteiger partial charge in [-0.1, -0.05) is 0 Å². The Kier molecular flexibility index (Phi) is 5.24. The second kappa shape index (κ2) is 8.23. The number of benzene rings is 2. The molecule has 33 heavy (non-hydrogen) atoms. The van der Waals surface area contributed by atoms with Crippen molar-refractivity contribution in [3.05, 3.63) is 65.9 Å². The molecule has 0 unspecified atom stereocenters. The van der Waals surface area contributed by atoms with E-state index in [9.17, 15) is 18.4 Å². The maximum absolute atomic E-state index is 14.5. The molecule has 3 heterocycles. The van der Waals surface area contributed by atoms with Crippen LogP contribution in [0.2, 0.25) is 0 Å². The molecule has 0 atom stereocenters. The lowest BCUT2D eigenvalue weighted by Gasteiger charge is -2.39. The Balaban J connectivity index is 1.18. The summed E-state index contributed by atoms with van der Waals surface area (Å²) in [5, 5.41) is 2.57. The van der Waals surface area contributed by atoms with Crippen LogP contribution in [0.25, 0.3) is 11.3 Å². The van der Waals surface area contributed by atoms with Crippen LogP contribution >= 0.6 is 0 Å². The van der Waals surface area contributed by atoms with E-state index in [1.54, 1.807) is 12.1 Å². The number of carbonyl (C=O) groups is 2. The summed E-state index contributed by atoms with van der Waals surface area (Å²) in [5.41, 5.74) is 1.78. The van der Waals surface area contributed by atoms with Gasteiger partial charge in [0.1, 0.15) is 11.6 Å². The lowest BCUT2D eigenvalue weighted by atomic mass is 9.99.